The average Bonchev–Trinajstić information content (AvgIpc) is 1.88. The van der Waals surface area contributed by atoms with Crippen LogP contribution < -0.4 is 0 Å². The fourth-order valence-corrected chi connectivity index (χ4v) is 0. The summed E-state index contributed by atoms with van der Waals surface area (Å²) in [6.45, 7) is 8.84. The summed E-state index contributed by atoms with van der Waals surface area (Å²) in [5, 5.41) is 0. The van der Waals surface area contributed by atoms with E-state index in [0.717, 1.165) is 12.9 Å². The Labute approximate surface area is 171 Å². The molecule has 0 heterocycles. The zero-order valence-electron chi connectivity index (χ0n) is 10.2. The molecule has 0 fully saturated rings. The molecule has 0 aromatic heterocycles. The molecule has 16 heavy (non-hydrogen) atoms. The molecule has 0 aliphatic rings. The molecule has 1 atom stereocenters. The van der Waals surface area contributed by atoms with E-state index in [4.69, 9.17) is 4.79 Å². The summed E-state index contributed by atoms with van der Waals surface area (Å²) >= 11 is 6.77. The number of carbonyl (C=O) groups excluding carboxylic acids is 1. The summed E-state index contributed by atoms with van der Waals surface area (Å²) in [7, 11) is 0. The van der Waals surface area contributed by atoms with E-state index in [-0.39, 0.29) is 60.7 Å². The quantitative estimate of drug-likeness (QED) is 0.208. The molecule has 0 rings (SSSR count). The summed E-state index contributed by atoms with van der Waals surface area (Å²) in [5.74, 6) is 0.660. The van der Waals surface area contributed by atoms with Crippen LogP contribution in [-0.4, -0.2) is 19.2 Å². The first kappa shape index (κ1) is 42.7. The van der Waals surface area contributed by atoms with Gasteiger partial charge in [0, 0.05) is 60.7 Å². The molecule has 0 bridgehead atoms. The predicted octanol–water partition coefficient (Wildman–Crippen LogP) is 2.53. The van der Waals surface area contributed by atoms with Crippen LogP contribution in [0, 0.1) is 0 Å². The van der Waals surface area contributed by atoms with Gasteiger partial charge in [-0.2, -0.15) is 0 Å². The Balaban J connectivity index is -0.0000000128. The van der Waals surface area contributed by atoms with E-state index < -0.39 is 0 Å². The Bertz CT molecular complexity index is 146. The molecule has 0 amide bonds. The molecule has 0 aromatic rings. The van der Waals surface area contributed by atoms with E-state index in [1.165, 1.54) is 13.3 Å². The second kappa shape index (κ2) is 61.3. The second-order valence-electron chi connectivity index (χ2n) is 1.59. The predicted molar refractivity (Wildman–Crippen MR) is 55.2 cm³/mol. The number of hydrogen-bond acceptors (Lipinski definition) is 2. The monoisotopic (exact) mass is 887 g/mol. The van der Waals surface area contributed by atoms with Gasteiger partial charge in [0.15, 0.2) is 0 Å². The third-order valence-corrected chi connectivity index (χ3v) is 0. The number of carbonyl (C=O) groups is 1. The molecule has 0 saturated heterocycles. The largest absolute Gasteiger partial charge is 0 e. The standard InChI is InChI=1S/C3H8.C2H4O.CH4P.CH4S.3V.3W/c1-3-2;1-2-3;2*1-2;;;;;;/h3H2,1-2H3;2H,1H3;2*2H,1H3;;;;;;/q;;-1;;;;+2;;;/p-1. The number of rotatable bonds is 0. The van der Waals surface area contributed by atoms with Crippen molar-refractivity contribution in [1.82, 2.24) is 0 Å². The summed E-state index contributed by atoms with van der Waals surface area (Å²) < 4.78 is 0. The Morgan fingerprint density at radius 1 is 1.38 bits per heavy atom. The van der Waals surface area contributed by atoms with Gasteiger partial charge in [-0.15, -0.1) is 0 Å². The minimum atomic E-state index is 0. The summed E-state index contributed by atoms with van der Waals surface area (Å²) in [6.07, 6.45) is 4.20. The maximum absolute atomic E-state index is 8.81. The van der Waals surface area contributed by atoms with Crippen molar-refractivity contribution in [2.75, 3.05) is 12.9 Å². The number of aldehydes is 1. The first-order valence-corrected chi connectivity index (χ1v) is 14.1. The summed E-state index contributed by atoms with van der Waals surface area (Å²) in [6, 6.07) is 0. The van der Waals surface area contributed by atoms with E-state index in [2.05, 4.69) is 59.0 Å². The third-order valence-electron chi connectivity index (χ3n) is 0. The first-order valence-electron chi connectivity index (χ1n) is 3.71. The van der Waals surface area contributed by atoms with Gasteiger partial charge in [0.2, 0.25) is 0 Å². The minimum Gasteiger partial charge on any atom is 0 e. The molecule has 0 N–H and O–H groups in total. The van der Waals surface area contributed by atoms with Crippen molar-refractivity contribution in [1.29, 1.82) is 0 Å². The Kier molecular flexibility index (Phi) is 164. The van der Waals surface area contributed by atoms with Crippen LogP contribution >= 0.6 is 6.60 Å². The van der Waals surface area contributed by atoms with Crippen LogP contribution in [0.5, 0.6) is 0 Å². The topological polar surface area (TPSA) is 17.1 Å². The molecular formula is C7H19OPSV3W3. The molecule has 1 radical (unpaired) electrons. The maximum Gasteiger partial charge on any atom is 0 e. The molecule has 0 spiro atoms. The van der Waals surface area contributed by atoms with Crippen molar-refractivity contribution in [3.63, 3.8) is 0 Å². The van der Waals surface area contributed by atoms with Gasteiger partial charge in [0.25, 0.3) is 0 Å². The summed E-state index contributed by atoms with van der Waals surface area (Å²) in [5.41, 5.74) is 0. The van der Waals surface area contributed by atoms with Gasteiger partial charge in [-0.05, 0) is 6.92 Å². The molecule has 0 aliphatic carbocycles. The van der Waals surface area contributed by atoms with Gasteiger partial charge >= 0.3 is 75.5 Å². The van der Waals surface area contributed by atoms with E-state index in [9.17, 15) is 0 Å². The Morgan fingerprint density at radius 3 is 1.38 bits per heavy atom. The van der Waals surface area contributed by atoms with E-state index >= 15 is 0 Å². The zero-order valence-corrected chi connectivity index (χ0v) is 25.0. The Morgan fingerprint density at radius 2 is 1.38 bits per heavy atom. The molecule has 1 nitrogen and oxygen atoms in total. The first-order chi connectivity index (χ1) is 5.97. The fraction of sp³-hybridized carbons (Fsp3) is 0.857. The smallest absolute Gasteiger partial charge is 0 e. The van der Waals surface area contributed by atoms with E-state index in [1.54, 1.807) is 18.0 Å². The van der Waals surface area contributed by atoms with Crippen molar-refractivity contribution in [3.8, 4) is 0 Å². The van der Waals surface area contributed by atoms with Gasteiger partial charge in [0.05, 0.1) is 0 Å². The van der Waals surface area contributed by atoms with Crippen LogP contribution in [0.2, 0.25) is 0 Å². The van der Waals surface area contributed by atoms with Gasteiger partial charge in [-0.3, -0.25) is 0 Å². The second-order valence-corrected chi connectivity index (χ2v) is 17.6. The van der Waals surface area contributed by atoms with Crippen LogP contribution in [0.3, 0.4) is 0 Å². The maximum atomic E-state index is 8.81. The van der Waals surface area contributed by atoms with Crippen LogP contribution in [0.4, 0.5) is 0 Å². The molecule has 0 saturated carbocycles. The van der Waals surface area contributed by atoms with Crippen molar-refractivity contribution in [2.45, 2.75) is 27.2 Å². The van der Waals surface area contributed by atoms with Crippen LogP contribution in [0.1, 0.15) is 27.2 Å². The fourth-order valence-electron chi connectivity index (χ4n) is 0. The third kappa shape index (κ3) is 311. The van der Waals surface area contributed by atoms with Gasteiger partial charge in [-0.25, -0.2) is 0 Å². The van der Waals surface area contributed by atoms with Gasteiger partial charge in [-0.1, -0.05) is 20.3 Å². The molecule has 0 aliphatic heterocycles. The molecular weight excluding hydrogens is 867 g/mol. The molecule has 1 unspecified atom stereocenters. The van der Waals surface area contributed by atoms with Crippen LogP contribution in [0.25, 0.3) is 0 Å². The van der Waals surface area contributed by atoms with Crippen molar-refractivity contribution in [2.24, 2.45) is 0 Å². The van der Waals surface area contributed by atoms with Crippen LogP contribution in [-0.2, 0) is 121 Å². The van der Waals surface area contributed by atoms with E-state index in [1.807, 2.05) is 0 Å². The minimum absolute atomic E-state index is 0. The normalized spacial score (nSPS) is 5.25. The van der Waals surface area contributed by atoms with Gasteiger partial charge < -0.3 is 4.79 Å². The van der Waals surface area contributed by atoms with Gasteiger partial charge in [0.1, 0.15) is 6.29 Å². The molecule has 9 heteroatoms. The van der Waals surface area contributed by atoms with Crippen molar-refractivity contribution in [3.05, 3.63) is 0 Å². The van der Waals surface area contributed by atoms with Crippen molar-refractivity contribution >= 4 is 18.6 Å². The van der Waals surface area contributed by atoms with Crippen molar-refractivity contribution < 1.29 is 116 Å². The SMILES string of the molecule is CC=O.CCC.C[PH+]=[V].C[S-](=[V])=[W].[V].[W].[W]. The van der Waals surface area contributed by atoms with Crippen LogP contribution in [0.15, 0.2) is 0 Å². The Hall–Kier alpha value is 4.14. The summed E-state index contributed by atoms with van der Waals surface area (Å²) in [4.78, 5) is 8.81. The number of hydrogen-bond donors (Lipinski definition) is 0. The molecule has 0 aromatic carbocycles. The zero-order chi connectivity index (χ0) is 11.7. The van der Waals surface area contributed by atoms with E-state index in [0.29, 0.717) is 5.74 Å². The molecule has 97 valence electrons. The average molecular weight is 887 g/mol.